The van der Waals surface area contributed by atoms with Crippen molar-refractivity contribution in [3.8, 4) is 0 Å². The zero-order valence-corrected chi connectivity index (χ0v) is 13.2. The van der Waals surface area contributed by atoms with Crippen molar-refractivity contribution in [2.24, 2.45) is 0 Å². The fourth-order valence-corrected chi connectivity index (χ4v) is 4.08. The van der Waals surface area contributed by atoms with Crippen molar-refractivity contribution < 1.29 is 8.42 Å². The van der Waals surface area contributed by atoms with Gasteiger partial charge >= 0.3 is 0 Å². The summed E-state index contributed by atoms with van der Waals surface area (Å²) < 4.78 is 24.0. The van der Waals surface area contributed by atoms with Crippen molar-refractivity contribution >= 4 is 31.3 Å². The first-order valence-corrected chi connectivity index (χ1v) is 9.78. The number of hydrogen-bond acceptors (Lipinski definition) is 4. The molecular formula is C15H19NO2S2. The predicted octanol–water partition coefficient (Wildman–Crippen LogP) is 2.91. The lowest BCUT2D eigenvalue weighted by molar-refractivity contribution is 0.273. The predicted molar refractivity (Wildman–Crippen MR) is 85.0 cm³/mol. The summed E-state index contributed by atoms with van der Waals surface area (Å²) >= 11 is 1.81. The fraction of sp³-hybridized carbons (Fsp3) is 0.467. The molecule has 0 saturated heterocycles. The third-order valence-corrected chi connectivity index (χ3v) is 5.67. The summed E-state index contributed by atoms with van der Waals surface area (Å²) in [6, 6.07) is 11.2. The van der Waals surface area contributed by atoms with E-state index < -0.39 is 9.84 Å². The second-order valence-corrected chi connectivity index (χ2v) is 9.01. The molecule has 1 aromatic carbocycles. The lowest BCUT2D eigenvalue weighted by Gasteiger charge is -2.20. The molecule has 0 N–H and O–H groups in total. The Bertz CT molecular complexity index is 668. The van der Waals surface area contributed by atoms with Crippen LogP contribution in [0.1, 0.15) is 17.7 Å². The molecule has 108 valence electrons. The van der Waals surface area contributed by atoms with Gasteiger partial charge in [0.15, 0.2) is 0 Å². The van der Waals surface area contributed by atoms with E-state index >= 15 is 0 Å². The molecule has 3 rings (SSSR count). The maximum atomic E-state index is 11.3. The van der Waals surface area contributed by atoms with Crippen molar-refractivity contribution in [2.45, 2.75) is 25.4 Å². The second kappa shape index (κ2) is 5.47. The van der Waals surface area contributed by atoms with Crippen molar-refractivity contribution in [3.63, 3.8) is 0 Å². The van der Waals surface area contributed by atoms with Crippen LogP contribution in [0.25, 0.3) is 10.1 Å². The number of benzene rings is 1. The first-order valence-electron chi connectivity index (χ1n) is 6.90. The molecule has 3 nitrogen and oxygen atoms in total. The van der Waals surface area contributed by atoms with E-state index in [1.165, 1.54) is 34.1 Å². The van der Waals surface area contributed by atoms with Crippen LogP contribution in [0, 0.1) is 0 Å². The van der Waals surface area contributed by atoms with Crippen LogP contribution in [0.3, 0.4) is 0 Å². The van der Waals surface area contributed by atoms with Gasteiger partial charge < -0.3 is 0 Å². The van der Waals surface area contributed by atoms with Crippen molar-refractivity contribution in [1.82, 2.24) is 4.90 Å². The Kier molecular flexibility index (Phi) is 3.84. The fourth-order valence-electron chi connectivity index (χ4n) is 2.43. The topological polar surface area (TPSA) is 37.4 Å². The van der Waals surface area contributed by atoms with Crippen molar-refractivity contribution in [1.29, 1.82) is 0 Å². The van der Waals surface area contributed by atoms with Crippen LogP contribution in [0.2, 0.25) is 0 Å². The third kappa shape index (κ3) is 3.59. The van der Waals surface area contributed by atoms with Gasteiger partial charge in [0.1, 0.15) is 9.84 Å². The molecule has 1 aromatic heterocycles. The van der Waals surface area contributed by atoms with Gasteiger partial charge in [-0.15, -0.1) is 11.3 Å². The maximum absolute atomic E-state index is 11.3. The zero-order valence-electron chi connectivity index (χ0n) is 11.6. The molecule has 0 atom stereocenters. The molecule has 1 fully saturated rings. The minimum atomic E-state index is -2.88. The van der Waals surface area contributed by atoms with E-state index in [4.69, 9.17) is 0 Å². The quantitative estimate of drug-likeness (QED) is 0.823. The monoisotopic (exact) mass is 309 g/mol. The van der Waals surface area contributed by atoms with Gasteiger partial charge in [-0.2, -0.15) is 0 Å². The number of thiophene rings is 1. The highest BCUT2D eigenvalue weighted by atomic mass is 32.2. The van der Waals surface area contributed by atoms with E-state index in [0.29, 0.717) is 12.6 Å². The Morgan fingerprint density at radius 1 is 1.30 bits per heavy atom. The SMILES string of the molecule is CS(=O)(=O)CCN(Cc1cc2ccccc2s1)C1CC1. The lowest BCUT2D eigenvalue weighted by Crippen LogP contribution is -2.30. The van der Waals surface area contributed by atoms with Crippen molar-refractivity contribution in [3.05, 3.63) is 35.2 Å². The first-order chi connectivity index (χ1) is 9.51. The number of rotatable bonds is 6. The summed E-state index contributed by atoms with van der Waals surface area (Å²) in [5.74, 6) is 0.258. The van der Waals surface area contributed by atoms with E-state index in [2.05, 4.69) is 35.2 Å². The smallest absolute Gasteiger partial charge is 0.148 e. The Morgan fingerprint density at radius 3 is 2.70 bits per heavy atom. The molecule has 0 unspecified atom stereocenters. The largest absolute Gasteiger partial charge is 0.294 e. The minimum Gasteiger partial charge on any atom is -0.294 e. The summed E-state index contributed by atoms with van der Waals surface area (Å²) in [6.45, 7) is 1.53. The molecular weight excluding hydrogens is 290 g/mol. The van der Waals surface area contributed by atoms with E-state index in [1.807, 2.05) is 11.3 Å². The molecule has 1 heterocycles. The molecule has 1 aliphatic rings. The van der Waals surface area contributed by atoms with E-state index in [0.717, 1.165) is 6.54 Å². The molecule has 1 aliphatic carbocycles. The Labute approximate surface area is 124 Å². The number of nitrogens with zero attached hydrogens (tertiary/aromatic N) is 1. The van der Waals surface area contributed by atoms with Gasteiger partial charge in [-0.1, -0.05) is 18.2 Å². The maximum Gasteiger partial charge on any atom is 0.148 e. The van der Waals surface area contributed by atoms with Crippen LogP contribution in [0.15, 0.2) is 30.3 Å². The molecule has 5 heteroatoms. The van der Waals surface area contributed by atoms with Gasteiger partial charge in [0.25, 0.3) is 0 Å². The van der Waals surface area contributed by atoms with Crippen LogP contribution in [0.5, 0.6) is 0 Å². The Morgan fingerprint density at radius 2 is 2.05 bits per heavy atom. The minimum absolute atomic E-state index is 0.258. The number of sulfone groups is 1. The summed E-state index contributed by atoms with van der Waals surface area (Å²) in [5, 5.41) is 1.28. The van der Waals surface area contributed by atoms with Gasteiger partial charge in [-0.3, -0.25) is 4.90 Å². The van der Waals surface area contributed by atoms with Crippen LogP contribution >= 0.6 is 11.3 Å². The van der Waals surface area contributed by atoms with Gasteiger partial charge in [0, 0.05) is 35.0 Å². The zero-order chi connectivity index (χ0) is 14.2. The molecule has 2 aromatic rings. The number of hydrogen-bond donors (Lipinski definition) is 0. The number of fused-ring (bicyclic) bond motifs is 1. The second-order valence-electron chi connectivity index (χ2n) is 5.58. The van der Waals surface area contributed by atoms with Crippen LogP contribution < -0.4 is 0 Å². The normalized spacial score (nSPS) is 16.1. The van der Waals surface area contributed by atoms with Gasteiger partial charge in [0.05, 0.1) is 5.75 Å². The molecule has 0 aliphatic heterocycles. The standard InChI is InChI=1S/C15H19NO2S2/c1-20(17,18)9-8-16(13-6-7-13)11-14-10-12-4-2-3-5-15(12)19-14/h2-5,10,13H,6-9,11H2,1H3. The summed E-state index contributed by atoms with van der Waals surface area (Å²) in [5.41, 5.74) is 0. The summed E-state index contributed by atoms with van der Waals surface area (Å²) in [6.07, 6.45) is 3.72. The van der Waals surface area contributed by atoms with Crippen molar-refractivity contribution in [2.75, 3.05) is 18.6 Å². The molecule has 0 bridgehead atoms. The van der Waals surface area contributed by atoms with Gasteiger partial charge in [0.2, 0.25) is 0 Å². The molecule has 0 spiro atoms. The lowest BCUT2D eigenvalue weighted by atomic mass is 10.2. The average molecular weight is 309 g/mol. The third-order valence-electron chi connectivity index (χ3n) is 3.65. The van der Waals surface area contributed by atoms with E-state index in [-0.39, 0.29) is 5.75 Å². The highest BCUT2D eigenvalue weighted by Crippen LogP contribution is 2.31. The van der Waals surface area contributed by atoms with E-state index in [1.54, 1.807) is 0 Å². The molecule has 0 amide bonds. The van der Waals surface area contributed by atoms with Crippen LogP contribution in [-0.4, -0.2) is 37.9 Å². The Balaban J connectivity index is 1.72. The Hall–Kier alpha value is -0.910. The highest BCUT2D eigenvalue weighted by molar-refractivity contribution is 7.90. The highest BCUT2D eigenvalue weighted by Gasteiger charge is 2.29. The van der Waals surface area contributed by atoms with Crippen LogP contribution in [0.4, 0.5) is 0 Å². The average Bonchev–Trinajstić information content (AvgIpc) is 3.13. The molecule has 0 radical (unpaired) electrons. The molecule has 1 saturated carbocycles. The van der Waals surface area contributed by atoms with Crippen LogP contribution in [-0.2, 0) is 16.4 Å². The summed E-state index contributed by atoms with van der Waals surface area (Å²) in [4.78, 5) is 3.65. The molecule has 20 heavy (non-hydrogen) atoms. The first kappa shape index (κ1) is 14.0. The summed E-state index contributed by atoms with van der Waals surface area (Å²) in [7, 11) is -2.88. The van der Waals surface area contributed by atoms with E-state index in [9.17, 15) is 8.42 Å². The van der Waals surface area contributed by atoms with Gasteiger partial charge in [-0.05, 0) is 30.4 Å². The van der Waals surface area contributed by atoms with Gasteiger partial charge in [-0.25, -0.2) is 8.42 Å².